The second-order valence-corrected chi connectivity index (χ2v) is 8.51. The molecule has 0 aromatic heterocycles. The summed E-state index contributed by atoms with van der Waals surface area (Å²) >= 11 is 5.82. The molecule has 10 heteroatoms. The van der Waals surface area contributed by atoms with E-state index in [1.807, 2.05) is 18.2 Å². The summed E-state index contributed by atoms with van der Waals surface area (Å²) in [6.45, 7) is 0.458. The molecular formula is C18H21ClN4O4S. The van der Waals surface area contributed by atoms with Gasteiger partial charge in [0, 0.05) is 23.8 Å². The van der Waals surface area contributed by atoms with Gasteiger partial charge in [-0.1, -0.05) is 23.7 Å². The highest BCUT2D eigenvalue weighted by molar-refractivity contribution is 7.93. The Kier molecular flexibility index (Phi) is 6.40. The fourth-order valence-electron chi connectivity index (χ4n) is 2.85. The van der Waals surface area contributed by atoms with Gasteiger partial charge in [-0.3, -0.25) is 14.9 Å². The van der Waals surface area contributed by atoms with Crippen LogP contribution in [0.3, 0.4) is 0 Å². The minimum absolute atomic E-state index is 0.191. The van der Waals surface area contributed by atoms with Gasteiger partial charge in [0.2, 0.25) is 5.91 Å². The number of carbonyl (C=O) groups excluding carboxylic acids is 1. The van der Waals surface area contributed by atoms with Crippen LogP contribution in [0.15, 0.2) is 48.5 Å². The van der Waals surface area contributed by atoms with E-state index in [2.05, 4.69) is 20.9 Å². The van der Waals surface area contributed by atoms with E-state index in [1.54, 1.807) is 37.4 Å². The van der Waals surface area contributed by atoms with Gasteiger partial charge in [-0.05, 0) is 42.0 Å². The summed E-state index contributed by atoms with van der Waals surface area (Å²) in [4.78, 5) is 12.6. The van der Waals surface area contributed by atoms with Crippen molar-refractivity contribution >= 4 is 33.2 Å². The molecule has 2 unspecified atom stereocenters. The highest BCUT2D eigenvalue weighted by atomic mass is 35.5. The van der Waals surface area contributed by atoms with E-state index in [0.29, 0.717) is 16.5 Å². The average molecular weight is 425 g/mol. The maximum atomic E-state index is 12.7. The normalized spacial score (nSPS) is 19.2. The molecule has 0 saturated carbocycles. The van der Waals surface area contributed by atoms with E-state index in [4.69, 9.17) is 16.3 Å². The fourth-order valence-corrected chi connectivity index (χ4v) is 4.46. The van der Waals surface area contributed by atoms with Gasteiger partial charge in [0.25, 0.3) is 10.0 Å². The molecule has 2 atom stereocenters. The highest BCUT2D eigenvalue weighted by Gasteiger charge is 2.41. The second-order valence-electron chi connectivity index (χ2n) is 6.28. The Morgan fingerprint density at radius 1 is 1.25 bits per heavy atom. The number of methoxy groups -OCH3 is 1. The number of carbonyl (C=O) groups is 1. The maximum Gasteiger partial charge on any atom is 0.250 e. The highest BCUT2D eigenvalue weighted by Crippen LogP contribution is 2.20. The molecule has 3 rings (SSSR count). The van der Waals surface area contributed by atoms with Crippen LogP contribution in [0, 0.1) is 5.92 Å². The van der Waals surface area contributed by atoms with Crippen molar-refractivity contribution in [1.82, 2.24) is 16.2 Å². The Labute approximate surface area is 168 Å². The third-order valence-corrected chi connectivity index (χ3v) is 6.20. The van der Waals surface area contributed by atoms with Gasteiger partial charge in [0.1, 0.15) is 5.75 Å². The summed E-state index contributed by atoms with van der Waals surface area (Å²) in [5.41, 5.74) is 6.64. The molecule has 2 aromatic carbocycles. The summed E-state index contributed by atoms with van der Waals surface area (Å²) in [5.74, 6) is -0.481. The zero-order valence-electron chi connectivity index (χ0n) is 15.1. The van der Waals surface area contributed by atoms with Crippen LogP contribution in [-0.4, -0.2) is 33.4 Å². The first kappa shape index (κ1) is 20.4. The smallest absolute Gasteiger partial charge is 0.250 e. The number of hydrogen-bond acceptors (Lipinski definition) is 6. The Morgan fingerprint density at radius 3 is 2.71 bits per heavy atom. The first-order valence-electron chi connectivity index (χ1n) is 8.55. The first-order chi connectivity index (χ1) is 13.4. The third kappa shape index (κ3) is 4.93. The van der Waals surface area contributed by atoms with Crippen molar-refractivity contribution in [2.24, 2.45) is 5.92 Å². The number of sulfonamides is 1. The summed E-state index contributed by atoms with van der Waals surface area (Å²) in [5, 5.41) is 2.16. The van der Waals surface area contributed by atoms with E-state index < -0.39 is 21.3 Å². The summed E-state index contributed by atoms with van der Waals surface area (Å²) in [6, 6.07) is 13.6. The topological polar surface area (TPSA) is 109 Å². The van der Waals surface area contributed by atoms with E-state index in [9.17, 15) is 13.2 Å². The quantitative estimate of drug-likeness (QED) is 0.536. The fraction of sp³-hybridized carbons (Fsp3) is 0.278. The number of amides is 1. The Morgan fingerprint density at radius 2 is 2.00 bits per heavy atom. The molecule has 1 aliphatic rings. The lowest BCUT2D eigenvalue weighted by Gasteiger charge is -2.19. The number of halogens is 1. The van der Waals surface area contributed by atoms with Crippen molar-refractivity contribution in [1.29, 1.82) is 0 Å². The molecule has 28 heavy (non-hydrogen) atoms. The number of hydrogen-bond donors (Lipinski definition) is 4. The van der Waals surface area contributed by atoms with Crippen molar-refractivity contribution in [3.8, 4) is 5.75 Å². The first-order valence-corrected chi connectivity index (χ1v) is 10.5. The SMILES string of the molecule is COc1cccc(CNC(=O)C2CNNC2S(=O)(=O)Nc2ccc(Cl)cc2)c1. The molecule has 8 nitrogen and oxygen atoms in total. The van der Waals surface area contributed by atoms with Crippen LogP contribution in [0.1, 0.15) is 5.56 Å². The van der Waals surface area contributed by atoms with E-state index >= 15 is 0 Å². The number of rotatable bonds is 7. The van der Waals surface area contributed by atoms with Crippen LogP contribution in [0.25, 0.3) is 0 Å². The van der Waals surface area contributed by atoms with Crippen molar-refractivity contribution in [2.75, 3.05) is 18.4 Å². The molecule has 0 aliphatic carbocycles. The molecule has 1 heterocycles. The minimum atomic E-state index is -3.86. The maximum absolute atomic E-state index is 12.7. The lowest BCUT2D eigenvalue weighted by Crippen LogP contribution is -2.46. The summed E-state index contributed by atoms with van der Waals surface area (Å²) < 4.78 is 33.1. The summed E-state index contributed by atoms with van der Waals surface area (Å²) in [7, 11) is -2.30. The Balaban J connectivity index is 1.65. The van der Waals surface area contributed by atoms with E-state index in [-0.39, 0.29) is 19.0 Å². The molecule has 1 saturated heterocycles. The predicted molar refractivity (Wildman–Crippen MR) is 107 cm³/mol. The molecule has 1 fully saturated rings. The molecule has 1 aliphatic heterocycles. The number of anilines is 1. The number of ether oxygens (including phenoxy) is 1. The van der Waals surface area contributed by atoms with Crippen molar-refractivity contribution in [3.05, 3.63) is 59.1 Å². The van der Waals surface area contributed by atoms with Crippen molar-refractivity contribution in [3.63, 3.8) is 0 Å². The van der Waals surface area contributed by atoms with Gasteiger partial charge in [0.05, 0.1) is 13.0 Å². The monoisotopic (exact) mass is 424 g/mol. The molecular weight excluding hydrogens is 404 g/mol. The van der Waals surface area contributed by atoms with Gasteiger partial charge in [0.15, 0.2) is 5.37 Å². The van der Waals surface area contributed by atoms with E-state index in [0.717, 1.165) is 5.56 Å². The standard InChI is InChI=1S/C18H21ClN4O4S/c1-27-15-4-2-3-12(9-15)10-20-17(24)16-11-21-22-18(16)28(25,26)23-14-7-5-13(19)6-8-14/h2-9,16,18,21-23H,10-11H2,1H3,(H,20,24). The van der Waals surface area contributed by atoms with Gasteiger partial charge in [-0.25, -0.2) is 13.8 Å². The molecule has 2 aromatic rings. The van der Waals surface area contributed by atoms with Crippen LogP contribution < -0.4 is 25.6 Å². The van der Waals surface area contributed by atoms with Gasteiger partial charge in [-0.15, -0.1) is 0 Å². The molecule has 4 N–H and O–H groups in total. The molecule has 150 valence electrons. The van der Waals surface area contributed by atoms with E-state index in [1.165, 1.54) is 0 Å². The van der Waals surface area contributed by atoms with Crippen LogP contribution in [0.5, 0.6) is 5.75 Å². The van der Waals surface area contributed by atoms with Crippen LogP contribution in [-0.2, 0) is 21.4 Å². The van der Waals surface area contributed by atoms with Crippen molar-refractivity contribution in [2.45, 2.75) is 11.9 Å². The third-order valence-electron chi connectivity index (χ3n) is 4.31. The van der Waals surface area contributed by atoms with Crippen LogP contribution in [0.4, 0.5) is 5.69 Å². The number of nitrogens with one attached hydrogen (secondary N) is 4. The van der Waals surface area contributed by atoms with Gasteiger partial charge >= 0.3 is 0 Å². The summed E-state index contributed by atoms with van der Waals surface area (Å²) in [6.07, 6.45) is 0. The van der Waals surface area contributed by atoms with Crippen LogP contribution in [0.2, 0.25) is 5.02 Å². The zero-order valence-corrected chi connectivity index (χ0v) is 16.7. The lowest BCUT2D eigenvalue weighted by atomic mass is 10.1. The zero-order chi connectivity index (χ0) is 20.1. The number of benzene rings is 2. The molecule has 0 radical (unpaired) electrons. The Hall–Kier alpha value is -2.33. The molecule has 1 amide bonds. The van der Waals surface area contributed by atoms with Crippen LogP contribution >= 0.6 is 11.6 Å². The lowest BCUT2D eigenvalue weighted by molar-refractivity contribution is -0.124. The Bertz CT molecular complexity index is 937. The van der Waals surface area contributed by atoms with Crippen molar-refractivity contribution < 1.29 is 17.9 Å². The van der Waals surface area contributed by atoms with Gasteiger partial charge < -0.3 is 10.1 Å². The molecule has 0 spiro atoms. The predicted octanol–water partition coefficient (Wildman–Crippen LogP) is 1.46. The molecule has 0 bridgehead atoms. The van der Waals surface area contributed by atoms with Gasteiger partial charge in [-0.2, -0.15) is 0 Å². The minimum Gasteiger partial charge on any atom is -0.497 e. The average Bonchev–Trinajstić information content (AvgIpc) is 3.19. The largest absolute Gasteiger partial charge is 0.497 e. The second kappa shape index (κ2) is 8.78. The number of hydrazine groups is 1.